The second-order valence-electron chi connectivity index (χ2n) is 6.17. The lowest BCUT2D eigenvalue weighted by Gasteiger charge is -2.28. The van der Waals surface area contributed by atoms with Gasteiger partial charge in [0, 0.05) is 19.5 Å². The van der Waals surface area contributed by atoms with Gasteiger partial charge in [-0.15, -0.1) is 0 Å². The highest BCUT2D eigenvalue weighted by Crippen LogP contribution is 2.28. The number of halogens is 1. The minimum atomic E-state index is 0.514. The van der Waals surface area contributed by atoms with Crippen LogP contribution in [0.5, 0.6) is 0 Å². The van der Waals surface area contributed by atoms with Gasteiger partial charge in [0.1, 0.15) is 0 Å². The molecule has 4 heteroatoms. The Hall–Kier alpha value is -0.540. The smallest absolute Gasteiger partial charge is 0.0847 e. The van der Waals surface area contributed by atoms with Gasteiger partial charge in [-0.3, -0.25) is 4.68 Å². The Labute approximate surface area is 128 Å². The first kappa shape index (κ1) is 15.8. The summed E-state index contributed by atoms with van der Waals surface area (Å²) in [5.41, 5.74) is 2.11. The zero-order valence-corrected chi connectivity index (χ0v) is 13.8. The van der Waals surface area contributed by atoms with Gasteiger partial charge in [-0.2, -0.15) is 5.10 Å². The summed E-state index contributed by atoms with van der Waals surface area (Å²) in [7, 11) is 4.08. The van der Waals surface area contributed by atoms with E-state index in [4.69, 9.17) is 11.6 Å². The highest BCUT2D eigenvalue weighted by molar-refractivity contribution is 6.31. The summed E-state index contributed by atoms with van der Waals surface area (Å²) in [4.78, 5) is 0. The Balaban J connectivity index is 2.07. The second kappa shape index (κ2) is 7.46. The SMILES string of the molecule is CNC(Cc1c(Cl)c(C)nn1C)C1CCCCCCC1. The van der Waals surface area contributed by atoms with E-state index >= 15 is 0 Å². The fraction of sp³-hybridized carbons (Fsp3) is 0.812. The van der Waals surface area contributed by atoms with Crippen molar-refractivity contribution in [3.63, 3.8) is 0 Å². The number of rotatable bonds is 4. The second-order valence-corrected chi connectivity index (χ2v) is 6.55. The Bertz CT molecular complexity index is 420. The highest BCUT2D eigenvalue weighted by atomic mass is 35.5. The Morgan fingerprint density at radius 3 is 2.35 bits per heavy atom. The molecule has 1 atom stereocenters. The van der Waals surface area contributed by atoms with Gasteiger partial charge in [0.15, 0.2) is 0 Å². The molecule has 0 aromatic carbocycles. The third kappa shape index (κ3) is 3.76. The van der Waals surface area contributed by atoms with E-state index < -0.39 is 0 Å². The number of aryl methyl sites for hydroxylation is 2. The number of nitrogens with one attached hydrogen (secondary N) is 1. The molecule has 20 heavy (non-hydrogen) atoms. The molecule has 1 N–H and O–H groups in total. The summed E-state index contributed by atoms with van der Waals surface area (Å²) >= 11 is 6.40. The fourth-order valence-corrected chi connectivity index (χ4v) is 3.74. The van der Waals surface area contributed by atoms with Crippen LogP contribution in [0, 0.1) is 12.8 Å². The number of hydrogen-bond acceptors (Lipinski definition) is 2. The lowest BCUT2D eigenvalue weighted by molar-refractivity contribution is 0.291. The van der Waals surface area contributed by atoms with Gasteiger partial charge in [0.25, 0.3) is 0 Å². The fourth-order valence-electron chi connectivity index (χ4n) is 3.50. The van der Waals surface area contributed by atoms with Gasteiger partial charge in [-0.25, -0.2) is 0 Å². The predicted molar refractivity (Wildman–Crippen MR) is 85.3 cm³/mol. The molecule has 0 spiro atoms. The average molecular weight is 298 g/mol. The minimum absolute atomic E-state index is 0.514. The summed E-state index contributed by atoms with van der Waals surface area (Å²) in [5, 5.41) is 8.81. The Kier molecular flexibility index (Phi) is 5.91. The number of hydrogen-bond donors (Lipinski definition) is 1. The molecule has 0 bridgehead atoms. The maximum absolute atomic E-state index is 6.40. The van der Waals surface area contributed by atoms with Gasteiger partial charge >= 0.3 is 0 Å². The quantitative estimate of drug-likeness (QED) is 0.914. The van der Waals surface area contributed by atoms with Gasteiger partial charge in [0.2, 0.25) is 0 Å². The van der Waals surface area contributed by atoms with Crippen LogP contribution in [0.25, 0.3) is 0 Å². The summed E-state index contributed by atoms with van der Waals surface area (Å²) in [6.07, 6.45) is 10.7. The maximum atomic E-state index is 6.40. The molecule has 0 saturated heterocycles. The molecule has 1 saturated carbocycles. The normalized spacial score (nSPS) is 19.6. The van der Waals surface area contributed by atoms with E-state index in [0.29, 0.717) is 6.04 Å². The minimum Gasteiger partial charge on any atom is -0.316 e. The van der Waals surface area contributed by atoms with E-state index in [1.54, 1.807) is 0 Å². The van der Waals surface area contributed by atoms with Crippen molar-refractivity contribution in [2.24, 2.45) is 13.0 Å². The molecule has 0 aliphatic heterocycles. The highest BCUT2D eigenvalue weighted by Gasteiger charge is 2.24. The summed E-state index contributed by atoms with van der Waals surface area (Å²) < 4.78 is 1.95. The molecule has 1 fully saturated rings. The third-order valence-corrected chi connectivity index (χ3v) is 5.26. The first-order valence-corrected chi connectivity index (χ1v) is 8.36. The zero-order chi connectivity index (χ0) is 14.5. The van der Waals surface area contributed by atoms with Crippen LogP contribution in [0.2, 0.25) is 5.02 Å². The maximum Gasteiger partial charge on any atom is 0.0847 e. The van der Waals surface area contributed by atoms with Crippen LogP contribution in [-0.4, -0.2) is 22.9 Å². The van der Waals surface area contributed by atoms with Gasteiger partial charge in [-0.05, 0) is 32.7 Å². The molecule has 1 heterocycles. The van der Waals surface area contributed by atoms with Crippen LogP contribution in [0.3, 0.4) is 0 Å². The van der Waals surface area contributed by atoms with Crippen LogP contribution < -0.4 is 5.32 Å². The Morgan fingerprint density at radius 1 is 1.25 bits per heavy atom. The van der Waals surface area contributed by atoms with Gasteiger partial charge in [-0.1, -0.05) is 43.7 Å². The monoisotopic (exact) mass is 297 g/mol. The van der Waals surface area contributed by atoms with E-state index in [-0.39, 0.29) is 0 Å². The molecule has 0 amide bonds. The summed E-state index contributed by atoms with van der Waals surface area (Å²) in [6.45, 7) is 1.98. The van der Waals surface area contributed by atoms with E-state index in [0.717, 1.165) is 23.1 Å². The number of aromatic nitrogens is 2. The average Bonchev–Trinajstić information content (AvgIpc) is 2.62. The molecule has 1 aromatic rings. The molecule has 1 aliphatic carbocycles. The third-order valence-electron chi connectivity index (χ3n) is 4.76. The lowest BCUT2D eigenvalue weighted by atomic mass is 9.84. The molecular weight excluding hydrogens is 270 g/mol. The van der Waals surface area contributed by atoms with Crippen molar-refractivity contribution in [2.45, 2.75) is 64.3 Å². The number of likely N-dealkylation sites (N-methyl/N-ethyl adjacent to an activating group) is 1. The van der Waals surface area contributed by atoms with Gasteiger partial charge < -0.3 is 5.32 Å². The molecule has 2 rings (SSSR count). The van der Waals surface area contributed by atoms with Crippen molar-refractivity contribution in [1.29, 1.82) is 0 Å². The zero-order valence-electron chi connectivity index (χ0n) is 13.1. The number of nitrogens with zero attached hydrogens (tertiary/aromatic N) is 2. The summed E-state index contributed by atoms with van der Waals surface area (Å²) in [5.74, 6) is 0.770. The first-order valence-electron chi connectivity index (χ1n) is 7.98. The van der Waals surface area contributed by atoms with Crippen molar-refractivity contribution in [2.75, 3.05) is 7.05 Å². The van der Waals surface area contributed by atoms with E-state index in [9.17, 15) is 0 Å². The van der Waals surface area contributed by atoms with E-state index in [2.05, 4.69) is 17.5 Å². The van der Waals surface area contributed by atoms with Crippen molar-refractivity contribution >= 4 is 11.6 Å². The largest absolute Gasteiger partial charge is 0.316 e. The van der Waals surface area contributed by atoms with E-state index in [1.807, 2.05) is 18.7 Å². The van der Waals surface area contributed by atoms with Crippen LogP contribution in [-0.2, 0) is 13.5 Å². The van der Waals surface area contributed by atoms with Crippen molar-refractivity contribution in [1.82, 2.24) is 15.1 Å². The molecule has 1 aliphatic rings. The molecular formula is C16H28ClN3. The first-order chi connectivity index (χ1) is 9.63. The topological polar surface area (TPSA) is 29.9 Å². The van der Waals surface area contributed by atoms with Gasteiger partial charge in [0.05, 0.1) is 16.4 Å². The van der Waals surface area contributed by atoms with Crippen molar-refractivity contribution < 1.29 is 0 Å². The van der Waals surface area contributed by atoms with Crippen LogP contribution in [0.4, 0.5) is 0 Å². The van der Waals surface area contributed by atoms with Crippen LogP contribution >= 0.6 is 11.6 Å². The molecule has 1 unspecified atom stereocenters. The van der Waals surface area contributed by atoms with Crippen molar-refractivity contribution in [3.05, 3.63) is 16.4 Å². The Morgan fingerprint density at radius 2 is 1.85 bits per heavy atom. The standard InChI is InChI=1S/C16H28ClN3/c1-12-16(17)15(20(3)19-12)11-14(18-2)13-9-7-5-4-6-8-10-13/h13-14,18H,4-11H2,1-3H3. The van der Waals surface area contributed by atoms with Crippen LogP contribution in [0.1, 0.15) is 56.3 Å². The molecule has 0 radical (unpaired) electrons. The van der Waals surface area contributed by atoms with E-state index in [1.165, 1.54) is 50.6 Å². The molecule has 3 nitrogen and oxygen atoms in total. The molecule has 1 aromatic heterocycles. The van der Waals surface area contributed by atoms with Crippen molar-refractivity contribution in [3.8, 4) is 0 Å². The molecule has 114 valence electrons. The summed E-state index contributed by atoms with van der Waals surface area (Å²) in [6, 6.07) is 0.514. The van der Waals surface area contributed by atoms with Crippen LogP contribution in [0.15, 0.2) is 0 Å². The lowest BCUT2D eigenvalue weighted by Crippen LogP contribution is -2.36. The predicted octanol–water partition coefficient (Wildman–Crippen LogP) is 3.87.